The first kappa shape index (κ1) is 34.3. The molecule has 0 aliphatic heterocycles. The number of hydrogen-bond donors (Lipinski definition) is 1. The molecule has 0 heterocycles. The number of amides is 2. The molecule has 236 valence electrons. The fourth-order valence-corrected chi connectivity index (χ4v) is 6.05. The van der Waals surface area contributed by atoms with Crippen LogP contribution >= 0.6 is 11.6 Å². The van der Waals surface area contributed by atoms with Crippen molar-refractivity contribution in [2.45, 2.75) is 52.1 Å². The zero-order valence-electron chi connectivity index (χ0n) is 25.5. The van der Waals surface area contributed by atoms with E-state index in [1.54, 1.807) is 6.92 Å². The van der Waals surface area contributed by atoms with Crippen molar-refractivity contribution in [1.29, 1.82) is 0 Å². The molecule has 3 aromatic rings. The standard InChI is InChI=1S/C31H37ClN4O7S/c1-20(2)17-33-31(38)23(5)34(18-24-10-8-7-9-21(24)3)30(37)19-35(28-15-25(32)12-14-29(28)43-6)44(41,42)26-13-11-22(4)27(16-26)36(39)40/h7-16,20,23H,17-19H2,1-6H3,(H,33,38)/t23-/m0/s1. The molecule has 0 fully saturated rings. The maximum atomic E-state index is 14.2. The summed E-state index contributed by atoms with van der Waals surface area (Å²) in [6.45, 7) is 8.49. The molecule has 0 saturated carbocycles. The Kier molecular flexibility index (Phi) is 11.3. The summed E-state index contributed by atoms with van der Waals surface area (Å²) in [5.74, 6) is -0.820. The topological polar surface area (TPSA) is 139 Å². The first-order valence-corrected chi connectivity index (χ1v) is 15.7. The van der Waals surface area contributed by atoms with Crippen molar-refractivity contribution in [3.8, 4) is 5.75 Å². The molecular formula is C31H37ClN4O7S. The Morgan fingerprint density at radius 3 is 2.32 bits per heavy atom. The van der Waals surface area contributed by atoms with Crippen LogP contribution in [-0.4, -0.2) is 56.3 Å². The normalized spacial score (nSPS) is 12.0. The van der Waals surface area contributed by atoms with Gasteiger partial charge in [-0.2, -0.15) is 0 Å². The Hall–Kier alpha value is -4.16. The highest BCUT2D eigenvalue weighted by atomic mass is 35.5. The zero-order chi connectivity index (χ0) is 32.8. The quantitative estimate of drug-likeness (QED) is 0.198. The van der Waals surface area contributed by atoms with Gasteiger partial charge in [0.1, 0.15) is 18.3 Å². The number of rotatable bonds is 13. The minimum absolute atomic E-state index is 0.0261. The van der Waals surface area contributed by atoms with E-state index in [4.69, 9.17) is 16.3 Å². The highest BCUT2D eigenvalue weighted by Gasteiger charge is 2.35. The molecule has 3 aromatic carbocycles. The lowest BCUT2D eigenvalue weighted by Crippen LogP contribution is -2.51. The number of nitro benzene ring substituents is 1. The molecule has 0 unspecified atom stereocenters. The highest BCUT2D eigenvalue weighted by molar-refractivity contribution is 7.92. The third-order valence-corrected chi connectivity index (χ3v) is 9.10. The van der Waals surface area contributed by atoms with Crippen LogP contribution in [0.4, 0.5) is 11.4 Å². The van der Waals surface area contributed by atoms with Crippen LogP contribution in [-0.2, 0) is 26.2 Å². The summed E-state index contributed by atoms with van der Waals surface area (Å²) < 4.78 is 34.6. The van der Waals surface area contributed by atoms with E-state index in [2.05, 4.69) is 5.32 Å². The van der Waals surface area contributed by atoms with Crippen LogP contribution in [0.25, 0.3) is 0 Å². The first-order chi connectivity index (χ1) is 20.7. The average Bonchev–Trinajstić information content (AvgIpc) is 2.97. The van der Waals surface area contributed by atoms with E-state index >= 15 is 0 Å². The Morgan fingerprint density at radius 2 is 1.70 bits per heavy atom. The van der Waals surface area contributed by atoms with E-state index in [1.807, 2.05) is 45.0 Å². The third-order valence-electron chi connectivity index (χ3n) is 7.11. The molecule has 44 heavy (non-hydrogen) atoms. The molecule has 0 bridgehead atoms. The Morgan fingerprint density at radius 1 is 1.02 bits per heavy atom. The number of halogens is 1. The Balaban J connectivity index is 2.16. The lowest BCUT2D eigenvalue weighted by Gasteiger charge is -2.32. The molecule has 0 saturated heterocycles. The predicted molar refractivity (Wildman–Crippen MR) is 169 cm³/mol. The van der Waals surface area contributed by atoms with E-state index in [1.165, 1.54) is 49.3 Å². The van der Waals surface area contributed by atoms with Crippen molar-refractivity contribution < 1.29 is 27.7 Å². The summed E-state index contributed by atoms with van der Waals surface area (Å²) in [4.78, 5) is 39.2. The van der Waals surface area contributed by atoms with Crippen molar-refractivity contribution in [3.63, 3.8) is 0 Å². The highest BCUT2D eigenvalue weighted by Crippen LogP contribution is 2.36. The molecule has 0 aliphatic rings. The van der Waals surface area contributed by atoms with Crippen LogP contribution in [0, 0.1) is 29.9 Å². The SMILES string of the molecule is COc1ccc(Cl)cc1N(CC(=O)N(Cc1ccccc1C)[C@@H](C)C(=O)NCC(C)C)S(=O)(=O)c1ccc(C)c([N+](=O)[O-])c1. The van der Waals surface area contributed by atoms with Crippen LogP contribution in [0.2, 0.25) is 5.02 Å². The molecular weight excluding hydrogens is 608 g/mol. The number of sulfonamides is 1. The van der Waals surface area contributed by atoms with Gasteiger partial charge in [-0.05, 0) is 62.1 Å². The van der Waals surface area contributed by atoms with Crippen molar-refractivity contribution >= 4 is 44.8 Å². The second-order valence-electron chi connectivity index (χ2n) is 10.8. The van der Waals surface area contributed by atoms with E-state index in [-0.39, 0.29) is 34.5 Å². The van der Waals surface area contributed by atoms with E-state index in [9.17, 15) is 28.1 Å². The van der Waals surface area contributed by atoms with Gasteiger partial charge >= 0.3 is 0 Å². The summed E-state index contributed by atoms with van der Waals surface area (Å²) in [5.41, 5.74) is 1.47. The van der Waals surface area contributed by atoms with Gasteiger partial charge in [-0.1, -0.05) is 55.8 Å². The Labute approximate surface area is 263 Å². The van der Waals surface area contributed by atoms with Gasteiger partial charge in [-0.25, -0.2) is 8.42 Å². The van der Waals surface area contributed by atoms with Crippen LogP contribution in [0.1, 0.15) is 37.5 Å². The summed E-state index contributed by atoms with van der Waals surface area (Å²) in [5, 5.41) is 14.7. The molecule has 0 spiro atoms. The largest absolute Gasteiger partial charge is 0.495 e. The molecule has 0 aliphatic carbocycles. The minimum atomic E-state index is -4.61. The lowest BCUT2D eigenvalue weighted by atomic mass is 10.1. The number of nitrogens with one attached hydrogen (secondary N) is 1. The van der Waals surface area contributed by atoms with Gasteiger partial charge in [-0.15, -0.1) is 0 Å². The number of anilines is 1. The smallest absolute Gasteiger partial charge is 0.273 e. The van der Waals surface area contributed by atoms with Gasteiger partial charge in [0, 0.05) is 29.7 Å². The van der Waals surface area contributed by atoms with E-state index in [0.29, 0.717) is 6.54 Å². The van der Waals surface area contributed by atoms with Gasteiger partial charge in [-0.3, -0.25) is 24.0 Å². The van der Waals surface area contributed by atoms with Crippen molar-refractivity contribution in [2.24, 2.45) is 5.92 Å². The third kappa shape index (κ3) is 8.06. The summed E-state index contributed by atoms with van der Waals surface area (Å²) in [7, 11) is -3.28. The monoisotopic (exact) mass is 644 g/mol. The number of hydrogen-bond acceptors (Lipinski definition) is 7. The van der Waals surface area contributed by atoms with E-state index < -0.39 is 49.9 Å². The van der Waals surface area contributed by atoms with Crippen LogP contribution in [0.15, 0.2) is 65.6 Å². The van der Waals surface area contributed by atoms with Gasteiger partial charge in [0.05, 0.1) is 22.6 Å². The van der Waals surface area contributed by atoms with E-state index in [0.717, 1.165) is 21.5 Å². The summed E-state index contributed by atoms with van der Waals surface area (Å²) in [6, 6.07) is 14.2. The number of carbonyl (C=O) groups is 2. The minimum Gasteiger partial charge on any atom is -0.495 e. The second-order valence-corrected chi connectivity index (χ2v) is 13.1. The zero-order valence-corrected chi connectivity index (χ0v) is 27.1. The van der Waals surface area contributed by atoms with Gasteiger partial charge in [0.25, 0.3) is 15.7 Å². The average molecular weight is 645 g/mol. The fourth-order valence-electron chi connectivity index (χ4n) is 4.45. The van der Waals surface area contributed by atoms with Crippen molar-refractivity contribution in [1.82, 2.24) is 10.2 Å². The molecule has 11 nitrogen and oxygen atoms in total. The molecule has 2 amide bonds. The molecule has 0 radical (unpaired) electrons. The maximum absolute atomic E-state index is 14.2. The number of benzene rings is 3. The van der Waals surface area contributed by atoms with Gasteiger partial charge in [0.2, 0.25) is 11.8 Å². The molecule has 13 heteroatoms. The van der Waals surface area contributed by atoms with Gasteiger partial charge in [0.15, 0.2) is 0 Å². The summed E-state index contributed by atoms with van der Waals surface area (Å²) >= 11 is 6.26. The second kappa shape index (κ2) is 14.5. The van der Waals surface area contributed by atoms with Crippen molar-refractivity contribution in [2.75, 3.05) is 24.5 Å². The van der Waals surface area contributed by atoms with Crippen LogP contribution < -0.4 is 14.4 Å². The number of ether oxygens (including phenoxy) is 1. The fraction of sp³-hybridized carbons (Fsp3) is 0.355. The van der Waals surface area contributed by atoms with Crippen LogP contribution in [0.3, 0.4) is 0 Å². The Bertz CT molecular complexity index is 1650. The lowest BCUT2D eigenvalue weighted by molar-refractivity contribution is -0.385. The molecule has 1 N–H and O–H groups in total. The number of carbonyl (C=O) groups excluding carboxylic acids is 2. The van der Waals surface area contributed by atoms with Crippen molar-refractivity contribution in [3.05, 3.63) is 92.5 Å². The maximum Gasteiger partial charge on any atom is 0.273 e. The van der Waals surface area contributed by atoms with Crippen LogP contribution in [0.5, 0.6) is 5.75 Å². The number of nitro groups is 1. The first-order valence-electron chi connectivity index (χ1n) is 13.9. The predicted octanol–water partition coefficient (Wildman–Crippen LogP) is 5.26. The summed E-state index contributed by atoms with van der Waals surface area (Å²) in [6.07, 6.45) is 0. The number of nitrogens with zero attached hydrogens (tertiary/aromatic N) is 3. The van der Waals surface area contributed by atoms with Gasteiger partial charge < -0.3 is 15.0 Å². The molecule has 0 aromatic heterocycles. The number of aryl methyl sites for hydroxylation is 2. The number of methoxy groups -OCH3 is 1. The molecule has 1 atom stereocenters. The molecule has 3 rings (SSSR count).